The fourth-order valence-corrected chi connectivity index (χ4v) is 2.91. The molecule has 1 aliphatic heterocycles. The van der Waals surface area contributed by atoms with Crippen molar-refractivity contribution in [1.29, 1.82) is 0 Å². The summed E-state index contributed by atoms with van der Waals surface area (Å²) in [5, 5.41) is 0.683. The molecule has 92 valence electrons. The highest BCUT2D eigenvalue weighted by atomic mass is 35.5. The monoisotopic (exact) mass is 251 g/mol. The predicted octanol–water partition coefficient (Wildman–Crippen LogP) is 3.78. The molecule has 1 aromatic carbocycles. The van der Waals surface area contributed by atoms with Gasteiger partial charge in [-0.25, -0.2) is 0 Å². The highest BCUT2D eigenvalue weighted by molar-refractivity contribution is 6.33. The van der Waals surface area contributed by atoms with Gasteiger partial charge in [-0.05, 0) is 37.0 Å². The van der Waals surface area contributed by atoms with Gasteiger partial charge in [0.15, 0.2) is 0 Å². The lowest BCUT2D eigenvalue weighted by molar-refractivity contribution is 0.112. The standard InChI is InChI=1S/C14H18ClNO/c1-10(2)13-4-3-7-16(13)14-6-5-11(9-17)8-12(14)15/h5-6,8-10,13H,3-4,7H2,1-2H3. The SMILES string of the molecule is CC(C)C1CCCN1c1ccc(C=O)cc1Cl. The van der Waals surface area contributed by atoms with Crippen molar-refractivity contribution < 1.29 is 4.79 Å². The molecule has 2 rings (SSSR count). The molecule has 1 aromatic rings. The van der Waals surface area contributed by atoms with Crippen molar-refractivity contribution in [3.05, 3.63) is 28.8 Å². The van der Waals surface area contributed by atoms with E-state index in [-0.39, 0.29) is 0 Å². The molecule has 0 spiro atoms. The number of anilines is 1. The third-order valence-electron chi connectivity index (χ3n) is 3.49. The molecule has 1 saturated heterocycles. The van der Waals surface area contributed by atoms with Crippen LogP contribution in [0.4, 0.5) is 5.69 Å². The van der Waals surface area contributed by atoms with Crippen LogP contribution in [0.1, 0.15) is 37.0 Å². The summed E-state index contributed by atoms with van der Waals surface area (Å²) in [7, 11) is 0. The van der Waals surface area contributed by atoms with Crippen LogP contribution >= 0.6 is 11.6 Å². The molecule has 1 fully saturated rings. The van der Waals surface area contributed by atoms with Gasteiger partial charge in [0.2, 0.25) is 0 Å². The van der Waals surface area contributed by atoms with Crippen molar-refractivity contribution in [3.8, 4) is 0 Å². The van der Waals surface area contributed by atoms with E-state index in [0.717, 1.165) is 18.5 Å². The first-order valence-electron chi connectivity index (χ1n) is 6.15. The van der Waals surface area contributed by atoms with E-state index in [0.29, 0.717) is 22.5 Å². The minimum atomic E-state index is 0.564. The Hall–Kier alpha value is -1.02. The lowest BCUT2D eigenvalue weighted by Crippen LogP contribution is -2.33. The average molecular weight is 252 g/mol. The summed E-state index contributed by atoms with van der Waals surface area (Å²) in [6, 6.07) is 6.12. The smallest absolute Gasteiger partial charge is 0.150 e. The van der Waals surface area contributed by atoms with E-state index in [1.165, 1.54) is 12.8 Å². The van der Waals surface area contributed by atoms with Crippen molar-refractivity contribution in [3.63, 3.8) is 0 Å². The maximum atomic E-state index is 10.7. The largest absolute Gasteiger partial charge is 0.367 e. The number of halogens is 1. The molecule has 1 atom stereocenters. The molecule has 17 heavy (non-hydrogen) atoms. The van der Waals surface area contributed by atoms with Crippen LogP contribution in [-0.4, -0.2) is 18.9 Å². The van der Waals surface area contributed by atoms with Gasteiger partial charge in [0.1, 0.15) is 6.29 Å². The van der Waals surface area contributed by atoms with Crippen molar-refractivity contribution in [2.45, 2.75) is 32.7 Å². The number of hydrogen-bond acceptors (Lipinski definition) is 2. The molecule has 2 nitrogen and oxygen atoms in total. The van der Waals surface area contributed by atoms with Gasteiger partial charge in [0.25, 0.3) is 0 Å². The number of benzene rings is 1. The Bertz CT molecular complexity index is 417. The Morgan fingerprint density at radius 2 is 2.24 bits per heavy atom. The third kappa shape index (κ3) is 2.47. The fraction of sp³-hybridized carbons (Fsp3) is 0.500. The first kappa shape index (κ1) is 12.4. The first-order valence-corrected chi connectivity index (χ1v) is 6.52. The van der Waals surface area contributed by atoms with Crippen LogP contribution in [-0.2, 0) is 0 Å². The number of hydrogen-bond donors (Lipinski definition) is 0. The second-order valence-electron chi connectivity index (χ2n) is 4.98. The number of aldehydes is 1. The average Bonchev–Trinajstić information content (AvgIpc) is 2.77. The van der Waals surface area contributed by atoms with Crippen LogP contribution in [0.2, 0.25) is 5.02 Å². The number of nitrogens with zero attached hydrogens (tertiary/aromatic N) is 1. The lowest BCUT2D eigenvalue weighted by Gasteiger charge is -2.30. The van der Waals surface area contributed by atoms with Gasteiger partial charge >= 0.3 is 0 Å². The second-order valence-corrected chi connectivity index (χ2v) is 5.38. The van der Waals surface area contributed by atoms with E-state index in [1.54, 1.807) is 6.07 Å². The topological polar surface area (TPSA) is 20.3 Å². The summed E-state index contributed by atoms with van der Waals surface area (Å²) in [4.78, 5) is 13.1. The van der Waals surface area contributed by atoms with Crippen LogP contribution in [0, 0.1) is 5.92 Å². The second kappa shape index (κ2) is 5.09. The van der Waals surface area contributed by atoms with Crippen LogP contribution < -0.4 is 4.90 Å². The van der Waals surface area contributed by atoms with E-state index in [2.05, 4.69) is 18.7 Å². The first-order chi connectivity index (χ1) is 8.13. The van der Waals surface area contributed by atoms with Gasteiger partial charge in [0.05, 0.1) is 10.7 Å². The van der Waals surface area contributed by atoms with Crippen LogP contribution in [0.5, 0.6) is 0 Å². The van der Waals surface area contributed by atoms with Crippen LogP contribution in [0.15, 0.2) is 18.2 Å². The molecular weight excluding hydrogens is 234 g/mol. The predicted molar refractivity (Wildman–Crippen MR) is 72.0 cm³/mol. The number of carbonyl (C=O) groups is 1. The van der Waals surface area contributed by atoms with Gasteiger partial charge in [-0.1, -0.05) is 25.4 Å². The molecule has 0 radical (unpaired) electrons. The number of carbonyl (C=O) groups excluding carboxylic acids is 1. The minimum absolute atomic E-state index is 0.564. The maximum Gasteiger partial charge on any atom is 0.150 e. The quantitative estimate of drug-likeness (QED) is 0.762. The van der Waals surface area contributed by atoms with Gasteiger partial charge < -0.3 is 4.90 Å². The molecular formula is C14H18ClNO. The third-order valence-corrected chi connectivity index (χ3v) is 3.79. The van der Waals surface area contributed by atoms with Gasteiger partial charge in [-0.3, -0.25) is 4.79 Å². The molecule has 0 saturated carbocycles. The molecule has 0 bridgehead atoms. The Balaban J connectivity index is 2.30. The van der Waals surface area contributed by atoms with Crippen LogP contribution in [0.25, 0.3) is 0 Å². The molecule has 0 aliphatic carbocycles. The Labute approximate surface area is 108 Å². The van der Waals surface area contributed by atoms with E-state index >= 15 is 0 Å². The summed E-state index contributed by atoms with van der Waals surface area (Å²) in [5.74, 6) is 0.624. The summed E-state index contributed by atoms with van der Waals surface area (Å²) >= 11 is 6.26. The summed E-state index contributed by atoms with van der Waals surface area (Å²) in [6.07, 6.45) is 3.28. The van der Waals surface area contributed by atoms with Gasteiger partial charge in [-0.2, -0.15) is 0 Å². The minimum Gasteiger partial charge on any atom is -0.367 e. The van der Waals surface area contributed by atoms with Crippen molar-refractivity contribution in [1.82, 2.24) is 0 Å². The van der Waals surface area contributed by atoms with Crippen molar-refractivity contribution >= 4 is 23.6 Å². The molecule has 1 heterocycles. The van der Waals surface area contributed by atoms with Crippen LogP contribution in [0.3, 0.4) is 0 Å². The fourth-order valence-electron chi connectivity index (χ4n) is 2.61. The Morgan fingerprint density at radius 3 is 2.82 bits per heavy atom. The summed E-state index contributed by atoms with van der Waals surface area (Å²) < 4.78 is 0. The van der Waals surface area contributed by atoms with E-state index in [9.17, 15) is 4.79 Å². The van der Waals surface area contributed by atoms with E-state index in [1.807, 2.05) is 12.1 Å². The molecule has 1 aliphatic rings. The zero-order chi connectivity index (χ0) is 12.4. The molecule has 1 unspecified atom stereocenters. The molecule has 3 heteroatoms. The molecule has 0 N–H and O–H groups in total. The highest BCUT2D eigenvalue weighted by Gasteiger charge is 2.28. The van der Waals surface area contributed by atoms with E-state index in [4.69, 9.17) is 11.6 Å². The summed E-state index contributed by atoms with van der Waals surface area (Å²) in [5.41, 5.74) is 1.70. The zero-order valence-corrected chi connectivity index (χ0v) is 11.1. The summed E-state index contributed by atoms with van der Waals surface area (Å²) in [6.45, 7) is 5.55. The van der Waals surface area contributed by atoms with Crippen molar-refractivity contribution in [2.75, 3.05) is 11.4 Å². The normalized spacial score (nSPS) is 20.0. The van der Waals surface area contributed by atoms with Gasteiger partial charge in [-0.15, -0.1) is 0 Å². The maximum absolute atomic E-state index is 10.7. The van der Waals surface area contributed by atoms with Crippen molar-refractivity contribution in [2.24, 2.45) is 5.92 Å². The number of rotatable bonds is 3. The molecule has 0 aromatic heterocycles. The van der Waals surface area contributed by atoms with Gasteiger partial charge in [0, 0.05) is 18.2 Å². The molecule has 0 amide bonds. The van der Waals surface area contributed by atoms with E-state index < -0.39 is 0 Å². The Morgan fingerprint density at radius 1 is 1.47 bits per heavy atom. The highest BCUT2D eigenvalue weighted by Crippen LogP contribution is 2.34. The Kier molecular flexibility index (Phi) is 3.72. The lowest BCUT2D eigenvalue weighted by atomic mass is 10.0. The zero-order valence-electron chi connectivity index (χ0n) is 10.3.